The Morgan fingerprint density at radius 3 is 2.35 bits per heavy atom. The Labute approximate surface area is 128 Å². The molecule has 0 saturated heterocycles. The summed E-state index contributed by atoms with van der Waals surface area (Å²) in [5, 5.41) is 0. The van der Waals surface area contributed by atoms with Crippen LogP contribution in [0.5, 0.6) is 0 Å². The number of nitrogens with two attached hydrogens (primary N) is 1. The van der Waals surface area contributed by atoms with Crippen LogP contribution in [0.1, 0.15) is 5.56 Å². The van der Waals surface area contributed by atoms with Gasteiger partial charge in [0.2, 0.25) is 0 Å². The van der Waals surface area contributed by atoms with Gasteiger partial charge in [-0.15, -0.1) is 5.56 Å². The third kappa shape index (κ3) is 4.88. The Morgan fingerprint density at radius 2 is 1.85 bits per heavy atom. The van der Waals surface area contributed by atoms with Gasteiger partial charge in [0.15, 0.2) is 0 Å². The van der Waals surface area contributed by atoms with Gasteiger partial charge in [-0.2, -0.15) is 35.3 Å². The molecule has 0 aliphatic heterocycles. The minimum atomic E-state index is -0.314. The van der Waals surface area contributed by atoms with Gasteiger partial charge in [-0.05, 0) is 6.07 Å². The van der Waals surface area contributed by atoms with E-state index in [1.165, 1.54) is 4.57 Å². The van der Waals surface area contributed by atoms with Gasteiger partial charge in [0.1, 0.15) is 5.82 Å². The SMILES string of the molecule is Nc1ccn(C[c-]2cccc2)c(=O)n1.[Fe+2].c1cc[cH-]c1. The van der Waals surface area contributed by atoms with E-state index in [-0.39, 0.29) is 28.6 Å². The van der Waals surface area contributed by atoms with Crippen molar-refractivity contribution in [2.24, 2.45) is 0 Å². The van der Waals surface area contributed by atoms with Crippen LogP contribution in [-0.2, 0) is 23.6 Å². The van der Waals surface area contributed by atoms with Crippen molar-refractivity contribution in [1.82, 2.24) is 9.55 Å². The fourth-order valence-corrected chi connectivity index (χ4v) is 1.60. The van der Waals surface area contributed by atoms with E-state index in [0.717, 1.165) is 5.56 Å². The van der Waals surface area contributed by atoms with Crippen molar-refractivity contribution < 1.29 is 17.1 Å². The minimum absolute atomic E-state index is 0. The molecule has 20 heavy (non-hydrogen) atoms. The fourth-order valence-electron chi connectivity index (χ4n) is 1.60. The van der Waals surface area contributed by atoms with Gasteiger partial charge in [0.25, 0.3) is 0 Å². The molecule has 1 aromatic heterocycles. The van der Waals surface area contributed by atoms with Gasteiger partial charge in [-0.25, -0.2) is 29.1 Å². The van der Waals surface area contributed by atoms with Crippen molar-refractivity contribution >= 4 is 5.82 Å². The zero-order valence-electron chi connectivity index (χ0n) is 10.8. The van der Waals surface area contributed by atoms with Crippen LogP contribution in [0.2, 0.25) is 0 Å². The number of nitrogens with zero attached hydrogens (tertiary/aromatic N) is 2. The average Bonchev–Trinajstić information content (AvgIpc) is 3.08. The predicted octanol–water partition coefficient (Wildman–Crippen LogP) is 2.00. The Balaban J connectivity index is 0.000000283. The summed E-state index contributed by atoms with van der Waals surface area (Å²) in [6.07, 6.45) is 1.65. The first-order valence-corrected chi connectivity index (χ1v) is 5.96. The first-order valence-electron chi connectivity index (χ1n) is 5.96. The zero-order chi connectivity index (χ0) is 13.5. The summed E-state index contributed by atoms with van der Waals surface area (Å²) < 4.78 is 1.52. The van der Waals surface area contributed by atoms with Crippen LogP contribution in [0.4, 0.5) is 5.82 Å². The van der Waals surface area contributed by atoms with Crippen molar-refractivity contribution in [1.29, 1.82) is 0 Å². The summed E-state index contributed by atoms with van der Waals surface area (Å²) in [6, 6.07) is 19.4. The molecule has 0 fully saturated rings. The summed E-state index contributed by atoms with van der Waals surface area (Å²) in [6.45, 7) is 0.541. The van der Waals surface area contributed by atoms with Crippen LogP contribution >= 0.6 is 0 Å². The molecule has 0 atom stereocenters. The number of anilines is 1. The van der Waals surface area contributed by atoms with Crippen LogP contribution in [0.3, 0.4) is 0 Å². The Morgan fingerprint density at radius 1 is 1.20 bits per heavy atom. The summed E-state index contributed by atoms with van der Waals surface area (Å²) in [5.41, 5.74) is 6.14. The van der Waals surface area contributed by atoms with Gasteiger partial charge >= 0.3 is 22.8 Å². The first-order chi connectivity index (χ1) is 9.25. The van der Waals surface area contributed by atoms with E-state index in [4.69, 9.17) is 5.73 Å². The quantitative estimate of drug-likeness (QED) is 0.582. The second-order valence-corrected chi connectivity index (χ2v) is 4.02. The van der Waals surface area contributed by atoms with Crippen molar-refractivity contribution in [3.05, 3.63) is 82.9 Å². The number of nitrogen functional groups attached to an aromatic ring is 1. The standard InChI is InChI=1S/C10H10N3O.C5H5.Fe/c11-9-5-6-13(10(14)12-9)7-8-3-1-2-4-8;1-2-4-5-3-1;/h1-6H,7H2,(H2,11,12,14);1-5H;/q2*-1;+2. The Bertz CT molecular complexity index is 625. The van der Waals surface area contributed by atoms with E-state index in [1.54, 1.807) is 12.3 Å². The molecule has 3 rings (SSSR count). The van der Waals surface area contributed by atoms with Gasteiger partial charge in [-0.3, -0.25) is 0 Å². The monoisotopic (exact) mass is 309 g/mol. The first kappa shape index (κ1) is 16.0. The van der Waals surface area contributed by atoms with E-state index in [0.29, 0.717) is 6.54 Å². The molecule has 4 nitrogen and oxygen atoms in total. The minimum Gasteiger partial charge on any atom is -0.383 e. The topological polar surface area (TPSA) is 60.9 Å². The van der Waals surface area contributed by atoms with Crippen LogP contribution < -0.4 is 11.4 Å². The number of aromatic nitrogens is 2. The molecule has 0 aliphatic carbocycles. The molecule has 104 valence electrons. The van der Waals surface area contributed by atoms with Gasteiger partial charge < -0.3 is 10.3 Å². The molecule has 1 heterocycles. The van der Waals surface area contributed by atoms with Crippen LogP contribution in [0.25, 0.3) is 0 Å². The predicted molar refractivity (Wildman–Crippen MR) is 76.1 cm³/mol. The smallest absolute Gasteiger partial charge is 0.383 e. The third-order valence-electron chi connectivity index (χ3n) is 2.54. The molecular weight excluding hydrogens is 294 g/mol. The molecule has 0 amide bonds. The van der Waals surface area contributed by atoms with E-state index in [2.05, 4.69) is 4.98 Å². The van der Waals surface area contributed by atoms with E-state index < -0.39 is 0 Å². The van der Waals surface area contributed by atoms with Crippen molar-refractivity contribution in [2.75, 3.05) is 5.73 Å². The Hall–Kier alpha value is -2.10. The molecular formula is C15H15FeN3O. The molecule has 3 aromatic rings. The summed E-state index contributed by atoms with van der Waals surface area (Å²) in [4.78, 5) is 15.0. The molecule has 0 bridgehead atoms. The second kappa shape index (κ2) is 8.15. The van der Waals surface area contributed by atoms with Crippen LogP contribution in [-0.4, -0.2) is 9.55 Å². The van der Waals surface area contributed by atoms with Crippen LogP contribution in [0.15, 0.2) is 71.7 Å². The molecule has 0 spiro atoms. The molecule has 2 N–H and O–H groups in total. The average molecular weight is 309 g/mol. The molecule has 2 aromatic carbocycles. The largest absolute Gasteiger partial charge is 2.00 e. The molecule has 0 saturated carbocycles. The maximum Gasteiger partial charge on any atom is 2.00 e. The number of hydrogen-bond donors (Lipinski definition) is 1. The zero-order valence-corrected chi connectivity index (χ0v) is 11.9. The van der Waals surface area contributed by atoms with E-state index in [1.807, 2.05) is 54.6 Å². The summed E-state index contributed by atoms with van der Waals surface area (Å²) >= 11 is 0. The third-order valence-corrected chi connectivity index (χ3v) is 2.54. The number of hydrogen-bond acceptors (Lipinski definition) is 3. The van der Waals surface area contributed by atoms with Crippen molar-refractivity contribution in [2.45, 2.75) is 6.54 Å². The maximum atomic E-state index is 11.3. The van der Waals surface area contributed by atoms with Crippen LogP contribution in [0, 0.1) is 0 Å². The van der Waals surface area contributed by atoms with Crippen molar-refractivity contribution in [3.8, 4) is 0 Å². The van der Waals surface area contributed by atoms with Crippen molar-refractivity contribution in [3.63, 3.8) is 0 Å². The maximum absolute atomic E-state index is 11.3. The normalized spacial score (nSPS) is 9.20. The van der Waals surface area contributed by atoms with E-state index in [9.17, 15) is 4.79 Å². The molecule has 0 unspecified atom stereocenters. The second-order valence-electron chi connectivity index (χ2n) is 4.02. The molecule has 0 aliphatic rings. The molecule has 0 radical (unpaired) electrons. The van der Waals surface area contributed by atoms with E-state index >= 15 is 0 Å². The number of rotatable bonds is 2. The van der Waals surface area contributed by atoms with Gasteiger partial charge in [0, 0.05) is 12.7 Å². The van der Waals surface area contributed by atoms with Gasteiger partial charge in [0.05, 0.1) is 0 Å². The fraction of sp³-hybridized carbons (Fsp3) is 0.0667. The Kier molecular flexibility index (Phi) is 6.50. The summed E-state index contributed by atoms with van der Waals surface area (Å²) in [7, 11) is 0. The summed E-state index contributed by atoms with van der Waals surface area (Å²) in [5.74, 6) is 0.258. The molecule has 5 heteroatoms. The van der Waals surface area contributed by atoms with Gasteiger partial charge in [-0.1, -0.05) is 0 Å².